The molecule has 0 unspecified atom stereocenters. The van der Waals surface area contributed by atoms with Crippen LogP contribution in [-0.4, -0.2) is 10.2 Å². The number of halogens is 1. The molecular weight excluding hydrogens is 294 g/mol. The number of nitrogens with one attached hydrogen (secondary N) is 1. The predicted octanol–water partition coefficient (Wildman–Crippen LogP) is 3.68. The minimum Gasteiger partial charge on any atom is -0.472 e. The molecule has 90 valence electrons. The van der Waals surface area contributed by atoms with Gasteiger partial charge in [0.1, 0.15) is 0 Å². The molecule has 2 heterocycles. The smallest absolute Gasteiger partial charge is 0.153 e. The van der Waals surface area contributed by atoms with E-state index in [-0.39, 0.29) is 0 Å². The minimum atomic E-state index is 0.470. The number of hydrogen-bond acceptors (Lipinski definition) is 3. The molecule has 0 bridgehead atoms. The van der Waals surface area contributed by atoms with Crippen molar-refractivity contribution in [1.82, 2.24) is 10.2 Å². The summed E-state index contributed by atoms with van der Waals surface area (Å²) in [6.07, 6.45) is 3.28. The second-order valence-electron chi connectivity index (χ2n) is 3.85. The number of aromatic nitrogens is 2. The Morgan fingerprint density at radius 2 is 2.06 bits per heavy atom. The maximum Gasteiger partial charge on any atom is 0.153 e. The van der Waals surface area contributed by atoms with Crippen molar-refractivity contribution < 1.29 is 4.42 Å². The molecule has 3 rings (SSSR count). The number of furan rings is 1. The second kappa shape index (κ2) is 4.34. The Morgan fingerprint density at radius 1 is 1.22 bits per heavy atom. The molecule has 2 aromatic heterocycles. The van der Waals surface area contributed by atoms with Gasteiger partial charge in [0, 0.05) is 15.6 Å². The van der Waals surface area contributed by atoms with Crippen LogP contribution in [-0.2, 0) is 0 Å². The molecule has 0 spiro atoms. The number of nitrogens with two attached hydrogens (primary N) is 1. The van der Waals surface area contributed by atoms with Crippen LogP contribution >= 0.6 is 15.9 Å². The Labute approximate surface area is 112 Å². The van der Waals surface area contributed by atoms with Crippen molar-refractivity contribution in [1.29, 1.82) is 0 Å². The highest BCUT2D eigenvalue weighted by Gasteiger charge is 2.17. The van der Waals surface area contributed by atoms with Gasteiger partial charge in [-0.3, -0.25) is 5.10 Å². The summed E-state index contributed by atoms with van der Waals surface area (Å²) in [6.45, 7) is 0. The van der Waals surface area contributed by atoms with Crippen molar-refractivity contribution in [3.8, 4) is 22.4 Å². The maximum absolute atomic E-state index is 5.95. The van der Waals surface area contributed by atoms with E-state index in [0.717, 1.165) is 26.9 Å². The molecule has 5 heteroatoms. The van der Waals surface area contributed by atoms with Gasteiger partial charge < -0.3 is 10.2 Å². The van der Waals surface area contributed by atoms with Crippen LogP contribution in [0.15, 0.2) is 51.7 Å². The lowest BCUT2D eigenvalue weighted by Crippen LogP contribution is -1.89. The van der Waals surface area contributed by atoms with Crippen LogP contribution in [0.1, 0.15) is 0 Å². The number of anilines is 1. The summed E-state index contributed by atoms with van der Waals surface area (Å²) in [5.74, 6) is 0.470. The van der Waals surface area contributed by atoms with Crippen molar-refractivity contribution in [3.63, 3.8) is 0 Å². The van der Waals surface area contributed by atoms with E-state index in [0.29, 0.717) is 5.82 Å². The molecule has 0 aliphatic carbocycles. The fraction of sp³-hybridized carbons (Fsp3) is 0. The Bertz CT molecular complexity index is 673. The SMILES string of the molecule is Nc1n[nH]c(-c2ccoc2)c1-c1ccccc1Br. The van der Waals surface area contributed by atoms with E-state index in [1.807, 2.05) is 30.3 Å². The molecule has 1 aromatic carbocycles. The molecule has 0 saturated carbocycles. The van der Waals surface area contributed by atoms with Crippen molar-refractivity contribution in [3.05, 3.63) is 47.3 Å². The molecule has 0 saturated heterocycles. The first-order valence-corrected chi connectivity index (χ1v) is 6.18. The fourth-order valence-electron chi connectivity index (χ4n) is 1.91. The van der Waals surface area contributed by atoms with E-state index in [1.54, 1.807) is 12.5 Å². The number of H-pyrrole nitrogens is 1. The number of benzene rings is 1. The van der Waals surface area contributed by atoms with E-state index in [9.17, 15) is 0 Å². The molecule has 0 aliphatic heterocycles. The fourth-order valence-corrected chi connectivity index (χ4v) is 2.39. The van der Waals surface area contributed by atoms with Crippen molar-refractivity contribution in [2.24, 2.45) is 0 Å². The third-order valence-corrected chi connectivity index (χ3v) is 3.44. The van der Waals surface area contributed by atoms with Crippen LogP contribution in [0.25, 0.3) is 22.4 Å². The predicted molar refractivity (Wildman–Crippen MR) is 73.8 cm³/mol. The van der Waals surface area contributed by atoms with Gasteiger partial charge in [-0.25, -0.2) is 0 Å². The van der Waals surface area contributed by atoms with Gasteiger partial charge in [-0.1, -0.05) is 34.1 Å². The lowest BCUT2D eigenvalue weighted by atomic mass is 10.0. The monoisotopic (exact) mass is 303 g/mol. The zero-order valence-corrected chi connectivity index (χ0v) is 10.9. The molecule has 0 aliphatic rings. The summed E-state index contributed by atoms with van der Waals surface area (Å²) in [5, 5.41) is 7.03. The average molecular weight is 304 g/mol. The van der Waals surface area contributed by atoms with Gasteiger partial charge in [0.05, 0.1) is 23.8 Å². The van der Waals surface area contributed by atoms with E-state index in [2.05, 4.69) is 26.1 Å². The summed E-state index contributed by atoms with van der Waals surface area (Å²) in [4.78, 5) is 0. The largest absolute Gasteiger partial charge is 0.472 e. The zero-order chi connectivity index (χ0) is 12.5. The molecule has 18 heavy (non-hydrogen) atoms. The number of rotatable bonds is 2. The molecular formula is C13H10BrN3O. The molecule has 3 N–H and O–H groups in total. The summed E-state index contributed by atoms with van der Waals surface area (Å²) in [5.41, 5.74) is 9.61. The van der Waals surface area contributed by atoms with Crippen LogP contribution in [0.3, 0.4) is 0 Å². The molecule has 0 atom stereocenters. The quantitative estimate of drug-likeness (QED) is 0.759. The lowest BCUT2D eigenvalue weighted by Gasteiger charge is -2.05. The standard InChI is InChI=1S/C13H10BrN3O/c14-10-4-2-1-3-9(10)11-12(16-17-13(11)15)8-5-6-18-7-8/h1-7H,(H3,15,16,17). The molecule has 0 fully saturated rings. The Kier molecular flexibility index (Phi) is 2.68. The van der Waals surface area contributed by atoms with Crippen LogP contribution in [0, 0.1) is 0 Å². The summed E-state index contributed by atoms with van der Waals surface area (Å²) < 4.78 is 6.07. The lowest BCUT2D eigenvalue weighted by molar-refractivity contribution is 0.568. The van der Waals surface area contributed by atoms with Crippen molar-refractivity contribution >= 4 is 21.7 Å². The number of aromatic amines is 1. The van der Waals surface area contributed by atoms with Gasteiger partial charge >= 0.3 is 0 Å². The highest BCUT2D eigenvalue weighted by Crippen LogP contribution is 2.38. The first kappa shape index (κ1) is 11.1. The normalized spacial score (nSPS) is 10.7. The third kappa shape index (κ3) is 1.73. The molecule has 4 nitrogen and oxygen atoms in total. The van der Waals surface area contributed by atoms with Crippen molar-refractivity contribution in [2.75, 3.05) is 5.73 Å². The van der Waals surface area contributed by atoms with Gasteiger partial charge in [0.2, 0.25) is 0 Å². The van der Waals surface area contributed by atoms with Crippen LogP contribution in [0.2, 0.25) is 0 Å². The number of nitrogens with zero attached hydrogens (tertiary/aromatic N) is 1. The molecule has 3 aromatic rings. The number of nitrogen functional groups attached to an aromatic ring is 1. The summed E-state index contributed by atoms with van der Waals surface area (Å²) in [6, 6.07) is 9.76. The minimum absolute atomic E-state index is 0.470. The van der Waals surface area contributed by atoms with Gasteiger partial charge in [-0.15, -0.1) is 0 Å². The molecule has 0 amide bonds. The van der Waals surface area contributed by atoms with E-state index < -0.39 is 0 Å². The summed E-state index contributed by atoms with van der Waals surface area (Å²) >= 11 is 3.53. The first-order chi connectivity index (χ1) is 8.77. The van der Waals surface area contributed by atoms with Crippen LogP contribution in [0.4, 0.5) is 5.82 Å². The second-order valence-corrected chi connectivity index (χ2v) is 4.71. The summed E-state index contributed by atoms with van der Waals surface area (Å²) in [7, 11) is 0. The van der Waals surface area contributed by atoms with E-state index in [4.69, 9.17) is 10.2 Å². The van der Waals surface area contributed by atoms with Gasteiger partial charge in [0.25, 0.3) is 0 Å². The third-order valence-electron chi connectivity index (χ3n) is 2.75. The Balaban J connectivity index is 2.24. The van der Waals surface area contributed by atoms with Gasteiger partial charge in [-0.05, 0) is 12.1 Å². The van der Waals surface area contributed by atoms with Gasteiger partial charge in [-0.2, -0.15) is 5.10 Å². The van der Waals surface area contributed by atoms with Crippen LogP contribution in [0.5, 0.6) is 0 Å². The van der Waals surface area contributed by atoms with Crippen molar-refractivity contribution in [2.45, 2.75) is 0 Å². The van der Waals surface area contributed by atoms with Crippen LogP contribution < -0.4 is 5.73 Å². The first-order valence-electron chi connectivity index (χ1n) is 5.38. The Morgan fingerprint density at radius 3 is 2.78 bits per heavy atom. The average Bonchev–Trinajstić information content (AvgIpc) is 2.99. The van der Waals surface area contributed by atoms with E-state index >= 15 is 0 Å². The highest BCUT2D eigenvalue weighted by atomic mass is 79.9. The highest BCUT2D eigenvalue weighted by molar-refractivity contribution is 9.10. The molecule has 0 radical (unpaired) electrons. The zero-order valence-electron chi connectivity index (χ0n) is 9.35. The Hall–Kier alpha value is -2.01. The maximum atomic E-state index is 5.95. The van der Waals surface area contributed by atoms with Gasteiger partial charge in [0.15, 0.2) is 5.82 Å². The topological polar surface area (TPSA) is 67.8 Å². The number of hydrogen-bond donors (Lipinski definition) is 2. The van der Waals surface area contributed by atoms with E-state index in [1.165, 1.54) is 0 Å².